The van der Waals surface area contributed by atoms with Crippen LogP contribution in [0.5, 0.6) is 0 Å². The van der Waals surface area contributed by atoms with Gasteiger partial charge < -0.3 is 16.4 Å². The van der Waals surface area contributed by atoms with E-state index in [-0.39, 0.29) is 17.5 Å². The number of carbonyl (C=O) groups is 2. The molecule has 21 heavy (non-hydrogen) atoms. The molecule has 6 heteroatoms. The summed E-state index contributed by atoms with van der Waals surface area (Å²) in [5, 5.41) is 5.65. The number of hydrogen-bond donors (Lipinski definition) is 3. The molecule has 116 valence electrons. The number of carbonyl (C=O) groups excluding carboxylic acids is 2. The third-order valence-electron chi connectivity index (χ3n) is 2.95. The molecule has 0 atom stereocenters. The minimum absolute atomic E-state index is 0.231. The maximum Gasteiger partial charge on any atom is 0.253 e. The van der Waals surface area contributed by atoms with Crippen LogP contribution in [0.25, 0.3) is 0 Å². The Morgan fingerprint density at radius 1 is 1.24 bits per heavy atom. The molecule has 0 aliphatic rings. The van der Waals surface area contributed by atoms with Gasteiger partial charge in [0.1, 0.15) is 5.82 Å². The molecule has 0 saturated carbocycles. The van der Waals surface area contributed by atoms with Crippen LogP contribution in [-0.4, -0.2) is 24.9 Å². The van der Waals surface area contributed by atoms with Crippen molar-refractivity contribution in [1.82, 2.24) is 5.32 Å². The number of rotatable bonds is 9. The van der Waals surface area contributed by atoms with Gasteiger partial charge in [-0.15, -0.1) is 0 Å². The zero-order chi connectivity index (χ0) is 15.7. The van der Waals surface area contributed by atoms with Crippen LogP contribution < -0.4 is 16.4 Å². The predicted molar refractivity (Wildman–Crippen MR) is 80.6 cm³/mol. The van der Waals surface area contributed by atoms with E-state index in [4.69, 9.17) is 5.73 Å². The lowest BCUT2D eigenvalue weighted by Crippen LogP contribution is -2.26. The fourth-order valence-corrected chi connectivity index (χ4v) is 1.86. The van der Waals surface area contributed by atoms with Gasteiger partial charge in [0.15, 0.2) is 0 Å². The van der Waals surface area contributed by atoms with E-state index >= 15 is 0 Å². The van der Waals surface area contributed by atoms with Crippen molar-refractivity contribution in [3.8, 4) is 0 Å². The maximum atomic E-state index is 13.8. The van der Waals surface area contributed by atoms with Crippen LogP contribution in [0.15, 0.2) is 18.2 Å². The largest absolute Gasteiger partial charge is 0.382 e. The average Bonchev–Trinajstić information content (AvgIpc) is 2.45. The monoisotopic (exact) mass is 295 g/mol. The SMILES string of the molecule is CCCNc1c(F)cccc1C(=O)NCCCCC(N)=O. The molecule has 0 saturated heterocycles. The summed E-state index contributed by atoms with van der Waals surface area (Å²) in [6, 6.07) is 4.41. The molecule has 0 spiro atoms. The number of nitrogens with one attached hydrogen (secondary N) is 2. The summed E-state index contributed by atoms with van der Waals surface area (Å²) in [4.78, 5) is 22.7. The number of halogens is 1. The molecule has 4 N–H and O–H groups in total. The average molecular weight is 295 g/mol. The van der Waals surface area contributed by atoms with Crippen LogP contribution in [0.4, 0.5) is 10.1 Å². The van der Waals surface area contributed by atoms with E-state index < -0.39 is 5.82 Å². The van der Waals surface area contributed by atoms with Gasteiger partial charge in [0.05, 0.1) is 11.3 Å². The fourth-order valence-electron chi connectivity index (χ4n) is 1.86. The number of hydrogen-bond acceptors (Lipinski definition) is 3. The van der Waals surface area contributed by atoms with Crippen molar-refractivity contribution in [3.63, 3.8) is 0 Å². The van der Waals surface area contributed by atoms with Crippen molar-refractivity contribution in [2.24, 2.45) is 5.73 Å². The highest BCUT2D eigenvalue weighted by atomic mass is 19.1. The van der Waals surface area contributed by atoms with Gasteiger partial charge in [0.25, 0.3) is 5.91 Å². The molecule has 0 aliphatic carbocycles. The van der Waals surface area contributed by atoms with E-state index in [1.54, 1.807) is 6.07 Å². The van der Waals surface area contributed by atoms with Gasteiger partial charge in [-0.3, -0.25) is 9.59 Å². The lowest BCUT2D eigenvalue weighted by molar-refractivity contribution is -0.118. The van der Waals surface area contributed by atoms with Gasteiger partial charge in [0.2, 0.25) is 5.91 Å². The summed E-state index contributed by atoms with van der Waals surface area (Å²) in [5.41, 5.74) is 5.55. The van der Waals surface area contributed by atoms with Gasteiger partial charge >= 0.3 is 0 Å². The van der Waals surface area contributed by atoms with E-state index in [2.05, 4.69) is 10.6 Å². The maximum absolute atomic E-state index is 13.8. The lowest BCUT2D eigenvalue weighted by Gasteiger charge is -2.12. The van der Waals surface area contributed by atoms with E-state index in [9.17, 15) is 14.0 Å². The van der Waals surface area contributed by atoms with E-state index in [0.717, 1.165) is 6.42 Å². The van der Waals surface area contributed by atoms with Crippen LogP contribution >= 0.6 is 0 Å². The first-order chi connectivity index (χ1) is 10.1. The summed E-state index contributed by atoms with van der Waals surface area (Å²) in [6.07, 6.45) is 2.42. The van der Waals surface area contributed by atoms with Crippen molar-refractivity contribution in [2.45, 2.75) is 32.6 Å². The Balaban J connectivity index is 2.57. The van der Waals surface area contributed by atoms with Crippen LogP contribution in [0, 0.1) is 5.82 Å². The highest BCUT2D eigenvalue weighted by Crippen LogP contribution is 2.19. The number of unbranched alkanes of at least 4 members (excludes halogenated alkanes) is 1. The molecule has 1 aromatic carbocycles. The van der Waals surface area contributed by atoms with Crippen molar-refractivity contribution in [3.05, 3.63) is 29.6 Å². The third-order valence-corrected chi connectivity index (χ3v) is 2.95. The van der Waals surface area contributed by atoms with E-state index in [1.807, 2.05) is 6.92 Å². The second-order valence-electron chi connectivity index (χ2n) is 4.77. The number of para-hydroxylation sites is 1. The molecule has 1 aromatic rings. The van der Waals surface area contributed by atoms with Gasteiger partial charge in [0, 0.05) is 19.5 Å². The van der Waals surface area contributed by atoms with Gasteiger partial charge in [-0.2, -0.15) is 0 Å². The highest BCUT2D eigenvalue weighted by molar-refractivity contribution is 5.99. The fraction of sp³-hybridized carbons (Fsp3) is 0.467. The van der Waals surface area contributed by atoms with E-state index in [0.29, 0.717) is 37.9 Å². The topological polar surface area (TPSA) is 84.2 Å². The molecule has 0 unspecified atom stereocenters. The first-order valence-corrected chi connectivity index (χ1v) is 7.15. The molecule has 0 heterocycles. The number of amides is 2. The first-order valence-electron chi connectivity index (χ1n) is 7.15. The molecule has 1 rings (SSSR count). The number of primary amides is 1. The Labute approximate surface area is 124 Å². The zero-order valence-corrected chi connectivity index (χ0v) is 12.2. The summed E-state index contributed by atoms with van der Waals surface area (Å²) in [7, 11) is 0. The number of anilines is 1. The molecule has 0 bridgehead atoms. The van der Waals surface area contributed by atoms with Crippen LogP contribution in [-0.2, 0) is 4.79 Å². The zero-order valence-electron chi connectivity index (χ0n) is 12.2. The molecular weight excluding hydrogens is 273 g/mol. The quantitative estimate of drug-likeness (QED) is 0.609. The smallest absolute Gasteiger partial charge is 0.253 e. The Bertz CT molecular complexity index is 492. The molecular formula is C15H22FN3O2. The second-order valence-corrected chi connectivity index (χ2v) is 4.77. The molecule has 0 fully saturated rings. The van der Waals surface area contributed by atoms with Crippen LogP contribution in [0.3, 0.4) is 0 Å². The van der Waals surface area contributed by atoms with E-state index in [1.165, 1.54) is 12.1 Å². The Morgan fingerprint density at radius 3 is 2.67 bits per heavy atom. The minimum Gasteiger partial charge on any atom is -0.382 e. The van der Waals surface area contributed by atoms with Crippen molar-refractivity contribution in [1.29, 1.82) is 0 Å². The predicted octanol–water partition coefficient (Wildman–Crippen LogP) is 2.03. The molecule has 0 aliphatic heterocycles. The van der Waals surface area contributed by atoms with Crippen LogP contribution in [0.1, 0.15) is 43.0 Å². The number of benzene rings is 1. The molecule has 0 radical (unpaired) electrons. The molecule has 5 nitrogen and oxygen atoms in total. The summed E-state index contributed by atoms with van der Waals surface area (Å²) >= 11 is 0. The molecule has 2 amide bonds. The number of nitrogens with two attached hydrogens (primary N) is 1. The summed E-state index contributed by atoms with van der Waals surface area (Å²) in [6.45, 7) is 2.99. The minimum atomic E-state index is -0.440. The Morgan fingerprint density at radius 2 is 2.00 bits per heavy atom. The van der Waals surface area contributed by atoms with Crippen LogP contribution in [0.2, 0.25) is 0 Å². The first kappa shape index (κ1) is 16.9. The Kier molecular flexibility index (Phi) is 7.21. The van der Waals surface area contributed by atoms with Crippen molar-refractivity contribution >= 4 is 17.5 Å². The standard InChI is InChI=1S/C15H22FN3O2/c1-2-9-18-14-11(6-5-7-12(14)16)15(21)19-10-4-3-8-13(17)20/h5-7,18H,2-4,8-10H2,1H3,(H2,17,20)(H,19,21). The van der Waals surface area contributed by atoms with Crippen molar-refractivity contribution < 1.29 is 14.0 Å². The normalized spacial score (nSPS) is 10.2. The van der Waals surface area contributed by atoms with Gasteiger partial charge in [-0.25, -0.2) is 4.39 Å². The molecule has 0 aromatic heterocycles. The van der Waals surface area contributed by atoms with Crippen molar-refractivity contribution in [2.75, 3.05) is 18.4 Å². The second kappa shape index (κ2) is 8.94. The lowest BCUT2D eigenvalue weighted by atomic mass is 10.1. The van der Waals surface area contributed by atoms with Gasteiger partial charge in [-0.05, 0) is 31.4 Å². The van der Waals surface area contributed by atoms with Gasteiger partial charge in [-0.1, -0.05) is 13.0 Å². The summed E-state index contributed by atoms with van der Waals surface area (Å²) < 4.78 is 13.8. The summed E-state index contributed by atoms with van der Waals surface area (Å²) in [5.74, 6) is -1.12. The Hall–Kier alpha value is -2.11. The highest BCUT2D eigenvalue weighted by Gasteiger charge is 2.14. The third kappa shape index (κ3) is 5.81.